The molecule has 2 N–H and O–H groups in total. The molecule has 1 amide bonds. The summed E-state index contributed by atoms with van der Waals surface area (Å²) >= 11 is 0. The Kier molecular flexibility index (Phi) is 4.16. The Morgan fingerprint density at radius 1 is 1.14 bits per heavy atom. The molecule has 6 heteroatoms. The van der Waals surface area contributed by atoms with Crippen LogP contribution in [0.4, 0.5) is 4.79 Å². The lowest BCUT2D eigenvalue weighted by Crippen LogP contribution is -2.66. The number of carbonyl (C=O) groups excluding carboxylic acids is 1. The monoisotopic (exact) mass is 299 g/mol. The zero-order valence-corrected chi connectivity index (χ0v) is 13.5. The van der Waals surface area contributed by atoms with Crippen LogP contribution in [-0.2, 0) is 9.59 Å². The number of carboxylic acids is 1. The highest BCUT2D eigenvalue weighted by Gasteiger charge is 2.68. The lowest BCUT2D eigenvalue weighted by Gasteiger charge is -2.50. The van der Waals surface area contributed by atoms with Crippen molar-refractivity contribution in [2.75, 3.05) is 0 Å². The first kappa shape index (κ1) is 17.5. The Morgan fingerprint density at radius 3 is 1.86 bits per heavy atom. The van der Waals surface area contributed by atoms with E-state index in [2.05, 4.69) is 0 Å². The second kappa shape index (κ2) is 5.00. The van der Waals surface area contributed by atoms with E-state index in [0.29, 0.717) is 6.29 Å². The lowest BCUT2D eigenvalue weighted by molar-refractivity contribution is -0.164. The third-order valence-corrected chi connectivity index (χ3v) is 4.57. The number of aldehydes is 1. The van der Waals surface area contributed by atoms with Crippen molar-refractivity contribution in [1.82, 2.24) is 4.90 Å². The Labute approximate surface area is 125 Å². The Bertz CT molecular complexity index is 460. The van der Waals surface area contributed by atoms with E-state index in [-0.39, 0.29) is 6.42 Å². The van der Waals surface area contributed by atoms with Crippen LogP contribution in [-0.4, -0.2) is 45.0 Å². The standard InChI is InChI=1S/C15H25NO5/c1-13(2,3)10-7-9(8-17)16(12(20)21)15(10,11(18)19)14(4,5)6/h8-10H,7H2,1-6H3,(H,18,19)(H,20,21)/t9?,10?,15-/m1/s1. The summed E-state index contributed by atoms with van der Waals surface area (Å²) in [5.74, 6) is -1.66. The third-order valence-electron chi connectivity index (χ3n) is 4.57. The number of likely N-dealkylation sites (tertiary alicyclic amines) is 1. The first-order chi connectivity index (χ1) is 9.31. The van der Waals surface area contributed by atoms with Gasteiger partial charge in [-0.25, -0.2) is 9.59 Å². The van der Waals surface area contributed by atoms with E-state index in [1.165, 1.54) is 0 Å². The van der Waals surface area contributed by atoms with Crippen LogP contribution in [0.5, 0.6) is 0 Å². The number of hydrogen-bond acceptors (Lipinski definition) is 3. The summed E-state index contributed by atoms with van der Waals surface area (Å²) < 4.78 is 0. The maximum Gasteiger partial charge on any atom is 0.408 e. The predicted molar refractivity (Wildman–Crippen MR) is 77.1 cm³/mol. The van der Waals surface area contributed by atoms with Gasteiger partial charge >= 0.3 is 12.1 Å². The number of carboxylic acid groups (broad SMARTS) is 2. The van der Waals surface area contributed by atoms with Gasteiger partial charge in [-0.15, -0.1) is 0 Å². The van der Waals surface area contributed by atoms with Crippen LogP contribution in [0, 0.1) is 16.7 Å². The minimum atomic E-state index is -1.64. The Morgan fingerprint density at radius 2 is 1.62 bits per heavy atom. The second-order valence-corrected chi connectivity index (χ2v) is 7.83. The molecule has 3 atom stereocenters. The largest absolute Gasteiger partial charge is 0.479 e. The predicted octanol–water partition coefficient (Wildman–Crippen LogP) is 2.47. The fourth-order valence-electron chi connectivity index (χ4n) is 3.79. The van der Waals surface area contributed by atoms with Gasteiger partial charge in [0, 0.05) is 5.92 Å². The van der Waals surface area contributed by atoms with Crippen LogP contribution >= 0.6 is 0 Å². The summed E-state index contributed by atoms with van der Waals surface area (Å²) in [4.78, 5) is 36.1. The molecule has 0 saturated carbocycles. The van der Waals surface area contributed by atoms with E-state index in [1.807, 2.05) is 20.8 Å². The van der Waals surface area contributed by atoms with Gasteiger partial charge in [-0.2, -0.15) is 0 Å². The Balaban J connectivity index is 3.72. The van der Waals surface area contributed by atoms with E-state index in [1.54, 1.807) is 20.8 Å². The normalized spacial score (nSPS) is 30.3. The summed E-state index contributed by atoms with van der Waals surface area (Å²) in [6, 6.07) is -0.929. The average molecular weight is 299 g/mol. The van der Waals surface area contributed by atoms with Crippen LogP contribution < -0.4 is 0 Å². The summed E-state index contributed by atoms with van der Waals surface area (Å²) in [6.45, 7) is 10.8. The van der Waals surface area contributed by atoms with Crippen molar-refractivity contribution in [3.05, 3.63) is 0 Å². The van der Waals surface area contributed by atoms with Crippen molar-refractivity contribution in [1.29, 1.82) is 0 Å². The summed E-state index contributed by atoms with van der Waals surface area (Å²) in [6.07, 6.45) is -0.595. The highest BCUT2D eigenvalue weighted by atomic mass is 16.4. The number of nitrogens with zero attached hydrogens (tertiary/aromatic N) is 1. The summed E-state index contributed by atoms with van der Waals surface area (Å²) in [5.41, 5.74) is -2.94. The fraction of sp³-hybridized carbons (Fsp3) is 0.800. The molecule has 1 aliphatic rings. The first-order valence-electron chi connectivity index (χ1n) is 7.02. The van der Waals surface area contributed by atoms with Crippen molar-refractivity contribution in [3.8, 4) is 0 Å². The van der Waals surface area contributed by atoms with Gasteiger partial charge < -0.3 is 15.0 Å². The van der Waals surface area contributed by atoms with Crippen LogP contribution in [0.2, 0.25) is 0 Å². The number of rotatable bonds is 2. The minimum Gasteiger partial charge on any atom is -0.479 e. The van der Waals surface area contributed by atoms with Crippen molar-refractivity contribution < 1.29 is 24.6 Å². The maximum atomic E-state index is 12.2. The van der Waals surface area contributed by atoms with Crippen LogP contribution in [0.3, 0.4) is 0 Å². The topological polar surface area (TPSA) is 94.9 Å². The Hall–Kier alpha value is -1.59. The number of aliphatic carboxylic acids is 1. The van der Waals surface area contributed by atoms with Gasteiger partial charge in [0.25, 0.3) is 0 Å². The molecule has 6 nitrogen and oxygen atoms in total. The second-order valence-electron chi connectivity index (χ2n) is 7.83. The molecule has 1 fully saturated rings. The van der Waals surface area contributed by atoms with Gasteiger partial charge in [-0.1, -0.05) is 41.5 Å². The van der Waals surface area contributed by atoms with Crippen LogP contribution in [0.25, 0.3) is 0 Å². The van der Waals surface area contributed by atoms with E-state index < -0.39 is 40.4 Å². The number of amides is 1. The number of hydrogen-bond donors (Lipinski definition) is 2. The fourth-order valence-corrected chi connectivity index (χ4v) is 3.79. The molecule has 0 aliphatic carbocycles. The van der Waals surface area contributed by atoms with Gasteiger partial charge in [-0.3, -0.25) is 4.90 Å². The quantitative estimate of drug-likeness (QED) is 0.764. The molecule has 0 bridgehead atoms. The van der Waals surface area contributed by atoms with Crippen molar-refractivity contribution in [3.63, 3.8) is 0 Å². The molecule has 1 heterocycles. The van der Waals surface area contributed by atoms with E-state index in [4.69, 9.17) is 0 Å². The molecule has 21 heavy (non-hydrogen) atoms. The molecule has 0 spiro atoms. The molecule has 0 radical (unpaired) electrons. The van der Waals surface area contributed by atoms with Crippen LogP contribution in [0.1, 0.15) is 48.0 Å². The molecule has 1 aliphatic heterocycles. The van der Waals surface area contributed by atoms with Gasteiger partial charge in [0.15, 0.2) is 5.54 Å². The summed E-state index contributed by atoms with van der Waals surface area (Å²) in [5, 5.41) is 19.5. The van der Waals surface area contributed by atoms with Crippen molar-refractivity contribution in [2.45, 2.75) is 59.5 Å². The third kappa shape index (κ3) is 2.40. The molecule has 0 aromatic heterocycles. The van der Waals surface area contributed by atoms with E-state index in [0.717, 1.165) is 4.90 Å². The van der Waals surface area contributed by atoms with Crippen LogP contribution in [0.15, 0.2) is 0 Å². The molecule has 1 saturated heterocycles. The van der Waals surface area contributed by atoms with Gasteiger partial charge in [-0.05, 0) is 17.3 Å². The van der Waals surface area contributed by atoms with Gasteiger partial charge in [0.2, 0.25) is 0 Å². The number of carbonyl (C=O) groups is 3. The molecule has 0 aromatic carbocycles. The molecule has 2 unspecified atom stereocenters. The molecule has 120 valence electrons. The first-order valence-corrected chi connectivity index (χ1v) is 7.02. The summed E-state index contributed by atoms with van der Waals surface area (Å²) in [7, 11) is 0. The van der Waals surface area contributed by atoms with E-state index in [9.17, 15) is 24.6 Å². The lowest BCUT2D eigenvalue weighted by atomic mass is 9.59. The van der Waals surface area contributed by atoms with Crippen molar-refractivity contribution in [2.24, 2.45) is 16.7 Å². The zero-order valence-electron chi connectivity index (χ0n) is 13.5. The average Bonchev–Trinajstić information content (AvgIpc) is 2.63. The minimum absolute atomic E-state index is 0.225. The van der Waals surface area contributed by atoms with Gasteiger partial charge in [0.05, 0.1) is 6.04 Å². The molecule has 0 aromatic rings. The maximum absolute atomic E-state index is 12.2. The van der Waals surface area contributed by atoms with Crippen molar-refractivity contribution >= 4 is 18.3 Å². The smallest absolute Gasteiger partial charge is 0.408 e. The van der Waals surface area contributed by atoms with Gasteiger partial charge in [0.1, 0.15) is 6.29 Å². The highest BCUT2D eigenvalue weighted by Crippen LogP contribution is 2.55. The molecule has 1 rings (SSSR count). The molecular formula is C15H25NO5. The SMILES string of the molecule is CC(C)(C)C1CC(C=O)N(C(=O)O)[C@]1(C(=O)O)C(C)(C)C. The highest BCUT2D eigenvalue weighted by molar-refractivity contribution is 5.88. The zero-order chi connectivity index (χ0) is 16.8. The molecular weight excluding hydrogens is 274 g/mol. The van der Waals surface area contributed by atoms with E-state index >= 15 is 0 Å².